The van der Waals surface area contributed by atoms with Gasteiger partial charge in [0.25, 0.3) is 11.5 Å². The molecule has 1 aliphatic rings. The summed E-state index contributed by atoms with van der Waals surface area (Å²) in [7, 11) is 2.81. The van der Waals surface area contributed by atoms with Crippen LogP contribution in [0, 0.1) is 0 Å². The van der Waals surface area contributed by atoms with Crippen LogP contribution in [-0.4, -0.2) is 27.0 Å². The first-order valence-electron chi connectivity index (χ1n) is 7.56. The summed E-state index contributed by atoms with van der Waals surface area (Å²) in [6, 6.07) is 4.71. The first-order valence-corrected chi connectivity index (χ1v) is 8.31. The van der Waals surface area contributed by atoms with Gasteiger partial charge in [-0.2, -0.15) is 0 Å². The van der Waals surface area contributed by atoms with E-state index in [0.29, 0.717) is 5.02 Å². The molecule has 0 aliphatic carbocycles. The number of imide groups is 1. The molecular formula is C16H14Cl2N4O4. The number of nitrogens with zero attached hydrogens (tertiary/aromatic N) is 3. The first-order chi connectivity index (χ1) is 12.2. The molecular weight excluding hydrogens is 383 g/mol. The van der Waals surface area contributed by atoms with Crippen LogP contribution in [0.4, 0.5) is 11.5 Å². The van der Waals surface area contributed by atoms with Gasteiger partial charge in [-0.1, -0.05) is 23.2 Å². The van der Waals surface area contributed by atoms with Crippen molar-refractivity contribution in [1.82, 2.24) is 9.13 Å². The lowest BCUT2D eigenvalue weighted by atomic mass is 10.2. The predicted molar refractivity (Wildman–Crippen MR) is 97.9 cm³/mol. The highest BCUT2D eigenvalue weighted by molar-refractivity contribution is 6.38. The lowest BCUT2D eigenvalue weighted by Crippen LogP contribution is -2.40. The van der Waals surface area contributed by atoms with Crippen LogP contribution in [0.2, 0.25) is 10.0 Å². The van der Waals surface area contributed by atoms with Gasteiger partial charge in [0, 0.05) is 25.2 Å². The second kappa shape index (κ2) is 6.62. The number of halogens is 2. The SMILES string of the molecule is Cn1c(N[C@H]2CC(=O)N(c3ccc(Cl)cc3Cl)C2=O)cc(=O)n(C)c1=O. The third kappa shape index (κ3) is 3.02. The minimum absolute atomic E-state index is 0.138. The Labute approximate surface area is 157 Å². The lowest BCUT2D eigenvalue weighted by molar-refractivity contribution is -0.121. The molecule has 1 aliphatic heterocycles. The largest absolute Gasteiger partial charge is 0.359 e. The average molecular weight is 397 g/mol. The lowest BCUT2D eigenvalue weighted by Gasteiger charge is -2.18. The van der Waals surface area contributed by atoms with Gasteiger partial charge in [-0.05, 0) is 18.2 Å². The average Bonchev–Trinajstić information content (AvgIpc) is 2.85. The fraction of sp³-hybridized carbons (Fsp3) is 0.250. The van der Waals surface area contributed by atoms with Crippen molar-refractivity contribution in [2.75, 3.05) is 10.2 Å². The van der Waals surface area contributed by atoms with E-state index in [1.54, 1.807) is 0 Å². The van der Waals surface area contributed by atoms with Crippen molar-refractivity contribution in [2.24, 2.45) is 14.1 Å². The van der Waals surface area contributed by atoms with Gasteiger partial charge in [-0.25, -0.2) is 9.69 Å². The molecule has 1 N–H and O–H groups in total. The van der Waals surface area contributed by atoms with E-state index in [9.17, 15) is 19.2 Å². The zero-order valence-electron chi connectivity index (χ0n) is 13.8. The minimum atomic E-state index is -0.924. The van der Waals surface area contributed by atoms with Crippen molar-refractivity contribution < 1.29 is 9.59 Å². The second-order valence-electron chi connectivity index (χ2n) is 5.83. The Bertz CT molecular complexity index is 1040. The Morgan fingerprint density at radius 2 is 1.73 bits per heavy atom. The fourth-order valence-electron chi connectivity index (χ4n) is 2.71. The van der Waals surface area contributed by atoms with Crippen molar-refractivity contribution in [3.8, 4) is 0 Å². The van der Waals surface area contributed by atoms with Gasteiger partial charge in [0.2, 0.25) is 5.91 Å². The topological polar surface area (TPSA) is 93.4 Å². The van der Waals surface area contributed by atoms with Crippen LogP contribution in [0.5, 0.6) is 0 Å². The van der Waals surface area contributed by atoms with Gasteiger partial charge < -0.3 is 5.32 Å². The number of aromatic nitrogens is 2. The molecule has 1 atom stereocenters. The zero-order valence-corrected chi connectivity index (χ0v) is 15.3. The number of carbonyl (C=O) groups excluding carboxylic acids is 2. The summed E-state index contributed by atoms with van der Waals surface area (Å²) < 4.78 is 2.13. The van der Waals surface area contributed by atoms with Crippen LogP contribution in [0.15, 0.2) is 33.9 Å². The van der Waals surface area contributed by atoms with E-state index >= 15 is 0 Å². The highest BCUT2D eigenvalue weighted by atomic mass is 35.5. The standard InChI is InChI=1S/C16H14Cl2N4O4/c1-20-12(7-13(23)21(2)16(20)26)19-10-6-14(24)22(15(10)25)11-4-3-8(17)5-9(11)18/h3-5,7,10,19H,6H2,1-2H3/t10-/m0/s1. The van der Waals surface area contributed by atoms with E-state index in [4.69, 9.17) is 23.2 Å². The molecule has 8 nitrogen and oxygen atoms in total. The van der Waals surface area contributed by atoms with Gasteiger partial charge >= 0.3 is 5.69 Å². The molecule has 1 fully saturated rings. The first kappa shape index (κ1) is 18.2. The number of carbonyl (C=O) groups is 2. The molecule has 136 valence electrons. The van der Waals surface area contributed by atoms with E-state index in [1.807, 2.05) is 0 Å². The number of hydrogen-bond donors (Lipinski definition) is 1. The molecule has 1 saturated heterocycles. The second-order valence-corrected chi connectivity index (χ2v) is 6.68. The minimum Gasteiger partial charge on any atom is -0.359 e. The number of rotatable bonds is 3. The molecule has 2 amide bonds. The molecule has 0 bridgehead atoms. The summed E-state index contributed by atoms with van der Waals surface area (Å²) in [5.41, 5.74) is -0.840. The Hall–Kier alpha value is -2.58. The third-order valence-corrected chi connectivity index (χ3v) is 4.68. The molecule has 0 unspecified atom stereocenters. The van der Waals surface area contributed by atoms with E-state index in [1.165, 1.54) is 42.9 Å². The van der Waals surface area contributed by atoms with Gasteiger partial charge in [0.15, 0.2) is 0 Å². The predicted octanol–water partition coefficient (Wildman–Crippen LogP) is 1.13. The Morgan fingerprint density at radius 3 is 2.38 bits per heavy atom. The maximum Gasteiger partial charge on any atom is 0.332 e. The number of benzene rings is 1. The fourth-order valence-corrected chi connectivity index (χ4v) is 3.20. The maximum absolute atomic E-state index is 12.7. The van der Waals surface area contributed by atoms with Gasteiger partial charge in [-0.15, -0.1) is 0 Å². The highest BCUT2D eigenvalue weighted by Crippen LogP contribution is 2.32. The van der Waals surface area contributed by atoms with Crippen molar-refractivity contribution in [3.05, 3.63) is 55.1 Å². The summed E-state index contributed by atoms with van der Waals surface area (Å²) in [6.45, 7) is 0. The molecule has 3 rings (SSSR count). The molecule has 2 aromatic rings. The third-order valence-electron chi connectivity index (χ3n) is 4.15. The van der Waals surface area contributed by atoms with Crippen molar-refractivity contribution in [1.29, 1.82) is 0 Å². The van der Waals surface area contributed by atoms with Crippen LogP contribution < -0.4 is 21.5 Å². The van der Waals surface area contributed by atoms with Crippen LogP contribution >= 0.6 is 23.2 Å². The summed E-state index contributed by atoms with van der Waals surface area (Å²) in [5, 5.41) is 3.34. The summed E-state index contributed by atoms with van der Waals surface area (Å²) >= 11 is 11.9. The smallest absolute Gasteiger partial charge is 0.332 e. The number of anilines is 2. The van der Waals surface area contributed by atoms with Gasteiger partial charge in [0.05, 0.1) is 17.1 Å². The number of amides is 2. The van der Waals surface area contributed by atoms with Gasteiger partial charge in [-0.3, -0.25) is 23.5 Å². The zero-order chi connectivity index (χ0) is 19.2. The maximum atomic E-state index is 12.7. The monoisotopic (exact) mass is 396 g/mol. The van der Waals surface area contributed by atoms with E-state index < -0.39 is 29.1 Å². The molecule has 0 saturated carbocycles. The quantitative estimate of drug-likeness (QED) is 0.784. The molecule has 0 spiro atoms. The molecule has 10 heteroatoms. The van der Waals surface area contributed by atoms with Crippen LogP contribution in [0.1, 0.15) is 6.42 Å². The molecule has 2 heterocycles. The molecule has 1 aromatic carbocycles. The Kier molecular flexibility index (Phi) is 4.64. The van der Waals surface area contributed by atoms with Crippen LogP contribution in [-0.2, 0) is 23.7 Å². The van der Waals surface area contributed by atoms with Crippen molar-refractivity contribution >= 4 is 46.5 Å². The Morgan fingerprint density at radius 1 is 1.04 bits per heavy atom. The molecule has 0 radical (unpaired) electrons. The van der Waals surface area contributed by atoms with Gasteiger partial charge in [0.1, 0.15) is 11.9 Å². The van der Waals surface area contributed by atoms with E-state index in [0.717, 1.165) is 9.47 Å². The highest BCUT2D eigenvalue weighted by Gasteiger charge is 2.40. The number of hydrogen-bond acceptors (Lipinski definition) is 5. The van der Waals surface area contributed by atoms with Crippen LogP contribution in [0.25, 0.3) is 0 Å². The van der Waals surface area contributed by atoms with E-state index in [2.05, 4.69) is 5.32 Å². The summed E-state index contributed by atoms with van der Waals surface area (Å²) in [6.07, 6.45) is -0.138. The van der Waals surface area contributed by atoms with Crippen molar-refractivity contribution in [3.63, 3.8) is 0 Å². The summed E-state index contributed by atoms with van der Waals surface area (Å²) in [5.74, 6) is -0.841. The molecule has 26 heavy (non-hydrogen) atoms. The summed E-state index contributed by atoms with van der Waals surface area (Å²) in [4.78, 5) is 49.8. The molecule has 1 aromatic heterocycles. The van der Waals surface area contributed by atoms with E-state index in [-0.39, 0.29) is 22.9 Å². The van der Waals surface area contributed by atoms with Crippen molar-refractivity contribution in [2.45, 2.75) is 12.5 Å². The Balaban J connectivity index is 1.93. The number of nitrogens with one attached hydrogen (secondary N) is 1. The normalized spacial score (nSPS) is 17.1. The van der Waals surface area contributed by atoms with Crippen LogP contribution in [0.3, 0.4) is 0 Å².